The number of aliphatic hydroxyl groups excluding tert-OH is 2. The molecule has 4 atom stereocenters. The van der Waals surface area contributed by atoms with Gasteiger partial charge < -0.3 is 20.3 Å². The number of nitrogens with one attached hydrogen (secondary N) is 1. The van der Waals surface area contributed by atoms with Crippen molar-refractivity contribution >= 4 is 27.3 Å². The summed E-state index contributed by atoms with van der Waals surface area (Å²) in [6, 6.07) is 0.119. The van der Waals surface area contributed by atoms with Gasteiger partial charge in [-0.1, -0.05) is 0 Å². The van der Waals surface area contributed by atoms with Crippen LogP contribution in [0.2, 0.25) is 0 Å². The quantitative estimate of drug-likeness (QED) is 0.455. The van der Waals surface area contributed by atoms with Crippen LogP contribution in [0.3, 0.4) is 0 Å². The molecular formula is C13H20N6O6S. The Bertz CT molecular complexity index is 886. The zero-order valence-corrected chi connectivity index (χ0v) is 14.9. The summed E-state index contributed by atoms with van der Waals surface area (Å²) in [5, 5.41) is 28.3. The average Bonchev–Trinajstić information content (AvgIpc) is 3.08. The fraction of sp³-hybridized carbons (Fsp3) is 0.615. The van der Waals surface area contributed by atoms with E-state index in [1.54, 1.807) is 0 Å². The van der Waals surface area contributed by atoms with Gasteiger partial charge in [0.05, 0.1) is 12.9 Å². The minimum absolute atomic E-state index is 0.119. The van der Waals surface area contributed by atoms with Crippen LogP contribution in [0.4, 0.5) is 5.82 Å². The minimum Gasteiger partial charge on any atom is -0.387 e. The number of nitrogens with zero attached hydrogens (tertiary/aromatic N) is 4. The molecule has 144 valence electrons. The summed E-state index contributed by atoms with van der Waals surface area (Å²) in [6.45, 7) is 3.36. The van der Waals surface area contributed by atoms with Gasteiger partial charge in [-0.05, 0) is 13.8 Å². The Morgan fingerprint density at radius 1 is 1.35 bits per heavy atom. The van der Waals surface area contributed by atoms with Gasteiger partial charge in [-0.25, -0.2) is 20.1 Å². The third-order valence-electron chi connectivity index (χ3n) is 3.79. The lowest BCUT2D eigenvalue weighted by Gasteiger charge is -2.16. The van der Waals surface area contributed by atoms with E-state index in [1.165, 1.54) is 17.2 Å². The summed E-state index contributed by atoms with van der Waals surface area (Å²) in [4.78, 5) is 12.5. The molecule has 0 unspecified atom stereocenters. The standard InChI is InChI=1S/C13H20N6O6S/c1-6(2)18-11-8-12(16-4-15-11)19(5-17-8)13-10(21)9(20)7(25-13)3-24-26(14,22)23/h4-7,9-10,13,20-21H,3H2,1-2H3,(H2,14,22,23)(H,15,16,18)/t7-,9-,10-,13-/m1/s1. The van der Waals surface area contributed by atoms with Crippen molar-refractivity contribution in [1.82, 2.24) is 19.5 Å². The van der Waals surface area contributed by atoms with Gasteiger partial charge >= 0.3 is 10.3 Å². The highest BCUT2D eigenvalue weighted by Crippen LogP contribution is 2.32. The lowest BCUT2D eigenvalue weighted by atomic mass is 10.1. The molecular weight excluding hydrogens is 368 g/mol. The fourth-order valence-corrected chi connectivity index (χ4v) is 3.00. The number of hydrogen-bond acceptors (Lipinski definition) is 10. The smallest absolute Gasteiger partial charge is 0.333 e. The molecule has 1 saturated heterocycles. The number of fused-ring (bicyclic) bond motifs is 1. The molecule has 3 rings (SSSR count). The van der Waals surface area contributed by atoms with Crippen LogP contribution in [0.5, 0.6) is 0 Å². The van der Waals surface area contributed by atoms with Crippen molar-refractivity contribution < 1.29 is 27.6 Å². The summed E-state index contributed by atoms with van der Waals surface area (Å²) in [6.07, 6.45) is -2.13. The normalized spacial score (nSPS) is 26.7. The van der Waals surface area contributed by atoms with E-state index < -0.39 is 41.5 Å². The summed E-state index contributed by atoms with van der Waals surface area (Å²) in [5.41, 5.74) is 0.850. The number of ether oxygens (including phenoxy) is 1. The zero-order chi connectivity index (χ0) is 19.1. The Balaban J connectivity index is 1.87. The Morgan fingerprint density at radius 2 is 2.08 bits per heavy atom. The van der Waals surface area contributed by atoms with Crippen molar-refractivity contribution in [2.75, 3.05) is 11.9 Å². The SMILES string of the molecule is CC(C)Nc1ncnc2c1ncn2[C@@H]1O[C@H](COS(N)(=O)=O)[C@@H](O)[C@H]1O. The molecule has 1 fully saturated rings. The predicted octanol–water partition coefficient (Wildman–Crippen LogP) is -1.51. The molecule has 0 bridgehead atoms. The monoisotopic (exact) mass is 388 g/mol. The van der Waals surface area contributed by atoms with Gasteiger partial charge in [0.2, 0.25) is 0 Å². The van der Waals surface area contributed by atoms with Gasteiger partial charge in [0.25, 0.3) is 0 Å². The third kappa shape index (κ3) is 3.77. The highest BCUT2D eigenvalue weighted by atomic mass is 32.2. The number of hydrogen-bond donors (Lipinski definition) is 4. The van der Waals surface area contributed by atoms with E-state index in [2.05, 4.69) is 24.5 Å². The Kier molecular flexibility index (Phi) is 5.09. The fourth-order valence-electron chi connectivity index (χ4n) is 2.68. The number of rotatable bonds is 6. The third-order valence-corrected chi connectivity index (χ3v) is 4.26. The maximum Gasteiger partial charge on any atom is 0.333 e. The van der Waals surface area contributed by atoms with E-state index in [-0.39, 0.29) is 6.04 Å². The molecule has 2 aromatic rings. The molecule has 0 radical (unpaired) electrons. The number of aromatic nitrogens is 4. The van der Waals surface area contributed by atoms with Gasteiger partial charge in [0.15, 0.2) is 23.2 Å². The first kappa shape index (κ1) is 18.9. The van der Waals surface area contributed by atoms with E-state index in [1.807, 2.05) is 13.8 Å². The molecule has 2 aromatic heterocycles. The van der Waals surface area contributed by atoms with Crippen LogP contribution in [-0.4, -0.2) is 69.1 Å². The van der Waals surface area contributed by atoms with E-state index in [0.717, 1.165) is 0 Å². The van der Waals surface area contributed by atoms with Crippen molar-refractivity contribution in [1.29, 1.82) is 0 Å². The van der Waals surface area contributed by atoms with Crippen LogP contribution >= 0.6 is 0 Å². The van der Waals surface area contributed by atoms with Crippen molar-refractivity contribution in [3.63, 3.8) is 0 Å². The molecule has 12 nitrogen and oxygen atoms in total. The number of anilines is 1. The second kappa shape index (κ2) is 7.02. The minimum atomic E-state index is -4.20. The first-order chi connectivity index (χ1) is 12.2. The topological polar surface area (TPSA) is 175 Å². The Morgan fingerprint density at radius 3 is 2.73 bits per heavy atom. The first-order valence-electron chi connectivity index (χ1n) is 7.80. The van der Waals surface area contributed by atoms with Gasteiger partial charge in [0.1, 0.15) is 24.6 Å². The molecule has 0 aliphatic carbocycles. The summed E-state index contributed by atoms with van der Waals surface area (Å²) < 4.78 is 33.2. The van der Waals surface area contributed by atoms with Crippen LogP contribution in [0.15, 0.2) is 12.7 Å². The average molecular weight is 388 g/mol. The molecule has 5 N–H and O–H groups in total. The van der Waals surface area contributed by atoms with Gasteiger partial charge in [-0.2, -0.15) is 8.42 Å². The van der Waals surface area contributed by atoms with Crippen molar-refractivity contribution in [2.24, 2.45) is 5.14 Å². The highest BCUT2D eigenvalue weighted by Gasteiger charge is 2.44. The number of imidazole rings is 1. The summed E-state index contributed by atoms with van der Waals surface area (Å²) in [7, 11) is -4.20. The lowest BCUT2D eigenvalue weighted by Crippen LogP contribution is -2.35. The van der Waals surface area contributed by atoms with Crippen LogP contribution in [0.25, 0.3) is 11.2 Å². The van der Waals surface area contributed by atoms with Crippen LogP contribution in [0, 0.1) is 0 Å². The Hall–Kier alpha value is -1.90. The maximum atomic E-state index is 10.9. The van der Waals surface area contributed by atoms with Crippen LogP contribution in [0.1, 0.15) is 20.1 Å². The first-order valence-corrected chi connectivity index (χ1v) is 9.27. The van der Waals surface area contributed by atoms with E-state index in [0.29, 0.717) is 17.0 Å². The van der Waals surface area contributed by atoms with Crippen molar-refractivity contribution in [3.8, 4) is 0 Å². The molecule has 3 heterocycles. The van der Waals surface area contributed by atoms with Crippen molar-refractivity contribution in [2.45, 2.75) is 44.4 Å². The summed E-state index contributed by atoms with van der Waals surface area (Å²) >= 11 is 0. The molecule has 1 aliphatic rings. The van der Waals surface area contributed by atoms with E-state index >= 15 is 0 Å². The van der Waals surface area contributed by atoms with Gasteiger partial charge in [-0.15, -0.1) is 0 Å². The van der Waals surface area contributed by atoms with Gasteiger partial charge in [-0.3, -0.25) is 8.75 Å². The second-order valence-corrected chi connectivity index (χ2v) is 7.39. The van der Waals surface area contributed by atoms with E-state index in [9.17, 15) is 18.6 Å². The number of nitrogens with two attached hydrogens (primary N) is 1. The molecule has 0 saturated carbocycles. The molecule has 13 heteroatoms. The molecule has 1 aliphatic heterocycles. The molecule has 0 aromatic carbocycles. The number of aliphatic hydroxyl groups is 2. The molecule has 0 amide bonds. The maximum absolute atomic E-state index is 10.9. The largest absolute Gasteiger partial charge is 0.387 e. The van der Waals surface area contributed by atoms with Crippen LogP contribution in [-0.2, 0) is 19.2 Å². The van der Waals surface area contributed by atoms with Crippen LogP contribution < -0.4 is 10.5 Å². The van der Waals surface area contributed by atoms with E-state index in [4.69, 9.17) is 9.88 Å². The van der Waals surface area contributed by atoms with Crippen molar-refractivity contribution in [3.05, 3.63) is 12.7 Å². The predicted molar refractivity (Wildman–Crippen MR) is 89.1 cm³/mol. The highest BCUT2D eigenvalue weighted by molar-refractivity contribution is 7.84. The molecule has 0 spiro atoms. The lowest BCUT2D eigenvalue weighted by molar-refractivity contribution is -0.0467. The second-order valence-electron chi connectivity index (χ2n) is 6.17. The Labute approximate surface area is 149 Å². The molecule has 26 heavy (non-hydrogen) atoms. The summed E-state index contributed by atoms with van der Waals surface area (Å²) in [5.74, 6) is 0.519. The van der Waals surface area contributed by atoms with Gasteiger partial charge in [0, 0.05) is 6.04 Å². The zero-order valence-electron chi connectivity index (χ0n) is 14.1.